The zero-order chi connectivity index (χ0) is 15.7. The van der Waals surface area contributed by atoms with Crippen molar-refractivity contribution in [3.63, 3.8) is 0 Å². The van der Waals surface area contributed by atoms with Crippen LogP contribution >= 0.6 is 0 Å². The van der Waals surface area contributed by atoms with Crippen LogP contribution in [0.5, 0.6) is 11.5 Å². The summed E-state index contributed by atoms with van der Waals surface area (Å²) in [5, 5.41) is 10.00. The zero-order valence-electron chi connectivity index (χ0n) is 12.2. The van der Waals surface area contributed by atoms with E-state index in [2.05, 4.69) is 4.98 Å². The summed E-state index contributed by atoms with van der Waals surface area (Å²) in [6.45, 7) is 0. The SMILES string of the molecule is COc1ccc(OC)c(-c2c[nH]c3ccc(C(=O)O)cc23)c1. The van der Waals surface area contributed by atoms with Gasteiger partial charge in [0, 0.05) is 28.2 Å². The number of rotatable bonds is 4. The van der Waals surface area contributed by atoms with Gasteiger partial charge in [-0.3, -0.25) is 0 Å². The Kier molecular flexibility index (Phi) is 3.47. The molecule has 0 radical (unpaired) electrons. The third-order valence-corrected chi connectivity index (χ3v) is 3.63. The summed E-state index contributed by atoms with van der Waals surface area (Å²) >= 11 is 0. The molecule has 0 spiro atoms. The molecule has 0 saturated heterocycles. The molecule has 0 amide bonds. The van der Waals surface area contributed by atoms with Gasteiger partial charge in [0.05, 0.1) is 19.8 Å². The Morgan fingerprint density at radius 2 is 1.86 bits per heavy atom. The van der Waals surface area contributed by atoms with Crippen LogP contribution in [-0.2, 0) is 0 Å². The highest BCUT2D eigenvalue weighted by Crippen LogP contribution is 2.37. The average molecular weight is 297 g/mol. The summed E-state index contributed by atoms with van der Waals surface area (Å²) in [6, 6.07) is 10.5. The van der Waals surface area contributed by atoms with Crippen molar-refractivity contribution in [1.82, 2.24) is 4.98 Å². The number of hydrogen-bond acceptors (Lipinski definition) is 3. The maximum atomic E-state index is 11.2. The number of ether oxygens (including phenoxy) is 2. The number of aromatic amines is 1. The van der Waals surface area contributed by atoms with Crippen LogP contribution in [0.3, 0.4) is 0 Å². The molecule has 1 aromatic heterocycles. The van der Waals surface area contributed by atoms with E-state index >= 15 is 0 Å². The molecule has 22 heavy (non-hydrogen) atoms. The van der Waals surface area contributed by atoms with Gasteiger partial charge in [-0.15, -0.1) is 0 Å². The molecule has 0 saturated carbocycles. The highest BCUT2D eigenvalue weighted by Gasteiger charge is 2.14. The van der Waals surface area contributed by atoms with Gasteiger partial charge in [0.25, 0.3) is 0 Å². The van der Waals surface area contributed by atoms with Crippen molar-refractivity contribution in [1.29, 1.82) is 0 Å². The molecule has 5 nitrogen and oxygen atoms in total. The molecule has 0 aliphatic heterocycles. The molecule has 0 aliphatic carbocycles. The number of H-pyrrole nitrogens is 1. The maximum Gasteiger partial charge on any atom is 0.335 e. The lowest BCUT2D eigenvalue weighted by Crippen LogP contribution is -1.95. The topological polar surface area (TPSA) is 71.5 Å². The molecule has 0 bridgehead atoms. The zero-order valence-corrected chi connectivity index (χ0v) is 12.2. The van der Waals surface area contributed by atoms with E-state index in [1.807, 2.05) is 24.4 Å². The first-order chi connectivity index (χ1) is 10.6. The highest BCUT2D eigenvalue weighted by atomic mass is 16.5. The van der Waals surface area contributed by atoms with Crippen molar-refractivity contribution in [3.8, 4) is 22.6 Å². The summed E-state index contributed by atoms with van der Waals surface area (Å²) in [7, 11) is 3.20. The normalized spacial score (nSPS) is 10.6. The fourth-order valence-corrected chi connectivity index (χ4v) is 2.50. The standard InChI is InChI=1S/C17H15NO4/c1-21-11-4-6-16(22-2)13(8-11)14-9-18-15-5-3-10(17(19)20)7-12(14)15/h3-9,18H,1-2H3,(H,19,20). The number of carbonyl (C=O) groups is 1. The summed E-state index contributed by atoms with van der Waals surface area (Å²) < 4.78 is 10.7. The lowest BCUT2D eigenvalue weighted by Gasteiger charge is -2.10. The first-order valence-electron chi connectivity index (χ1n) is 6.71. The van der Waals surface area contributed by atoms with Crippen molar-refractivity contribution in [2.24, 2.45) is 0 Å². The Morgan fingerprint density at radius 1 is 1.05 bits per heavy atom. The van der Waals surface area contributed by atoms with Gasteiger partial charge in [-0.25, -0.2) is 4.79 Å². The van der Waals surface area contributed by atoms with Gasteiger partial charge in [-0.2, -0.15) is 0 Å². The van der Waals surface area contributed by atoms with Crippen LogP contribution in [0.15, 0.2) is 42.6 Å². The van der Waals surface area contributed by atoms with E-state index in [4.69, 9.17) is 9.47 Å². The quantitative estimate of drug-likeness (QED) is 0.772. The van der Waals surface area contributed by atoms with E-state index in [0.717, 1.165) is 22.0 Å². The second kappa shape index (κ2) is 5.44. The first kappa shape index (κ1) is 14.0. The van der Waals surface area contributed by atoms with Gasteiger partial charge in [0.1, 0.15) is 11.5 Å². The minimum absolute atomic E-state index is 0.246. The Hall–Kier alpha value is -2.95. The van der Waals surface area contributed by atoms with E-state index < -0.39 is 5.97 Å². The summed E-state index contributed by atoms with van der Waals surface area (Å²) in [4.78, 5) is 14.3. The molecule has 0 fully saturated rings. The monoisotopic (exact) mass is 297 g/mol. The number of carboxylic acids is 1. The van der Waals surface area contributed by atoms with Gasteiger partial charge in [0.15, 0.2) is 0 Å². The van der Waals surface area contributed by atoms with Crippen LogP contribution in [-0.4, -0.2) is 30.3 Å². The summed E-state index contributed by atoms with van der Waals surface area (Å²) in [5.41, 5.74) is 2.82. The Balaban J connectivity index is 2.25. The Bertz CT molecular complexity index is 851. The lowest BCUT2D eigenvalue weighted by atomic mass is 10.0. The number of nitrogens with one attached hydrogen (secondary N) is 1. The fourth-order valence-electron chi connectivity index (χ4n) is 2.50. The first-order valence-corrected chi connectivity index (χ1v) is 6.71. The molecule has 1 heterocycles. The minimum Gasteiger partial charge on any atom is -0.497 e. The smallest absolute Gasteiger partial charge is 0.335 e. The predicted molar refractivity (Wildman–Crippen MR) is 83.8 cm³/mol. The Morgan fingerprint density at radius 3 is 2.55 bits per heavy atom. The number of fused-ring (bicyclic) bond motifs is 1. The van der Waals surface area contributed by atoms with Crippen LogP contribution in [0.4, 0.5) is 0 Å². The number of carboxylic acid groups (broad SMARTS) is 1. The number of methoxy groups -OCH3 is 2. The molecule has 3 aromatic rings. The second-order valence-electron chi connectivity index (χ2n) is 4.83. The van der Waals surface area contributed by atoms with Crippen molar-refractivity contribution in [3.05, 3.63) is 48.2 Å². The Labute approximate surface area is 127 Å². The van der Waals surface area contributed by atoms with E-state index in [1.54, 1.807) is 32.4 Å². The van der Waals surface area contributed by atoms with Crippen molar-refractivity contribution in [2.45, 2.75) is 0 Å². The van der Waals surface area contributed by atoms with E-state index in [9.17, 15) is 9.90 Å². The molecule has 0 aliphatic rings. The molecule has 112 valence electrons. The summed E-state index contributed by atoms with van der Waals surface area (Å²) in [6.07, 6.45) is 1.84. The third kappa shape index (κ3) is 2.26. The van der Waals surface area contributed by atoms with E-state index in [1.165, 1.54) is 0 Å². The third-order valence-electron chi connectivity index (χ3n) is 3.63. The molecular formula is C17H15NO4. The molecule has 2 N–H and O–H groups in total. The van der Waals surface area contributed by atoms with E-state index in [-0.39, 0.29) is 5.56 Å². The van der Waals surface area contributed by atoms with E-state index in [0.29, 0.717) is 11.5 Å². The maximum absolute atomic E-state index is 11.2. The summed E-state index contributed by atoms with van der Waals surface area (Å²) in [5.74, 6) is 0.452. The van der Waals surface area contributed by atoms with Crippen molar-refractivity contribution in [2.75, 3.05) is 14.2 Å². The molecule has 0 unspecified atom stereocenters. The van der Waals surface area contributed by atoms with Crippen LogP contribution in [0.2, 0.25) is 0 Å². The molecule has 3 rings (SSSR count). The van der Waals surface area contributed by atoms with Gasteiger partial charge >= 0.3 is 5.97 Å². The average Bonchev–Trinajstić information content (AvgIpc) is 2.97. The largest absolute Gasteiger partial charge is 0.497 e. The van der Waals surface area contributed by atoms with Gasteiger partial charge in [0.2, 0.25) is 0 Å². The number of aromatic nitrogens is 1. The number of hydrogen-bond donors (Lipinski definition) is 2. The van der Waals surface area contributed by atoms with Gasteiger partial charge in [-0.1, -0.05) is 0 Å². The van der Waals surface area contributed by atoms with Crippen LogP contribution in [0, 0.1) is 0 Å². The molecular weight excluding hydrogens is 282 g/mol. The van der Waals surface area contributed by atoms with Gasteiger partial charge in [-0.05, 0) is 36.4 Å². The lowest BCUT2D eigenvalue weighted by molar-refractivity contribution is 0.0697. The molecule has 5 heteroatoms. The van der Waals surface area contributed by atoms with Gasteiger partial charge < -0.3 is 19.6 Å². The van der Waals surface area contributed by atoms with Crippen molar-refractivity contribution >= 4 is 16.9 Å². The minimum atomic E-state index is -0.952. The number of aromatic carboxylic acids is 1. The fraction of sp³-hybridized carbons (Fsp3) is 0.118. The molecule has 0 atom stereocenters. The van der Waals surface area contributed by atoms with Crippen molar-refractivity contribution < 1.29 is 19.4 Å². The van der Waals surface area contributed by atoms with Crippen LogP contribution in [0.1, 0.15) is 10.4 Å². The molecule has 2 aromatic carbocycles. The number of benzene rings is 2. The predicted octanol–water partition coefficient (Wildman–Crippen LogP) is 3.55. The second-order valence-corrected chi connectivity index (χ2v) is 4.83. The highest BCUT2D eigenvalue weighted by molar-refractivity contribution is 6.01. The van der Waals surface area contributed by atoms with Crippen LogP contribution < -0.4 is 9.47 Å². The van der Waals surface area contributed by atoms with Crippen LogP contribution in [0.25, 0.3) is 22.0 Å².